The maximum absolute atomic E-state index is 13.5. The molecule has 2 aromatic carbocycles. The van der Waals surface area contributed by atoms with Gasteiger partial charge >= 0.3 is 0 Å². The van der Waals surface area contributed by atoms with Crippen LogP contribution >= 0.6 is 11.8 Å². The third-order valence-electron chi connectivity index (χ3n) is 4.99. The number of hydrogen-bond acceptors (Lipinski definition) is 4. The summed E-state index contributed by atoms with van der Waals surface area (Å²) in [5, 5.41) is 7.74. The van der Waals surface area contributed by atoms with Crippen LogP contribution in [0.15, 0.2) is 58.2 Å². The standard InChI is InChI=1S/C22H21FN4O2S/c1-14-25-26(13-21(28)24-10-9-15-3-6-18(30-2)7-4-15)22(29)20-12-16-11-17(23)5-8-19(16)27(14)20/h3-8,11-12H,9-10,13H2,1-2H3,(H,24,28). The number of benzene rings is 2. The summed E-state index contributed by atoms with van der Waals surface area (Å²) in [6.07, 6.45) is 2.73. The predicted molar refractivity (Wildman–Crippen MR) is 117 cm³/mol. The number of aromatic nitrogens is 3. The SMILES string of the molecule is CSc1ccc(CCNC(=O)Cn2nc(C)n3c(cc4cc(F)ccc43)c2=O)cc1. The van der Waals surface area contributed by atoms with Gasteiger partial charge in [-0.25, -0.2) is 9.07 Å². The third kappa shape index (κ3) is 3.95. The number of thioether (sulfide) groups is 1. The van der Waals surface area contributed by atoms with E-state index in [1.54, 1.807) is 35.2 Å². The number of nitrogens with zero attached hydrogens (tertiary/aromatic N) is 3. The van der Waals surface area contributed by atoms with Crippen LogP contribution in [0.3, 0.4) is 0 Å². The molecule has 1 N–H and O–H groups in total. The second-order valence-electron chi connectivity index (χ2n) is 7.03. The van der Waals surface area contributed by atoms with Crippen molar-refractivity contribution in [3.8, 4) is 0 Å². The van der Waals surface area contributed by atoms with Crippen molar-refractivity contribution in [3.05, 3.63) is 76.1 Å². The number of amides is 1. The summed E-state index contributed by atoms with van der Waals surface area (Å²) >= 11 is 1.68. The first kappa shape index (κ1) is 20.2. The van der Waals surface area contributed by atoms with E-state index in [1.165, 1.54) is 17.0 Å². The molecule has 0 fully saturated rings. The van der Waals surface area contributed by atoms with Gasteiger partial charge in [0.25, 0.3) is 5.56 Å². The van der Waals surface area contributed by atoms with Crippen LogP contribution in [0.4, 0.5) is 4.39 Å². The van der Waals surface area contributed by atoms with E-state index in [1.807, 2.05) is 18.4 Å². The van der Waals surface area contributed by atoms with Gasteiger partial charge in [0, 0.05) is 16.8 Å². The van der Waals surface area contributed by atoms with Crippen LogP contribution in [0.1, 0.15) is 11.4 Å². The minimum atomic E-state index is -0.389. The van der Waals surface area contributed by atoms with E-state index in [0.29, 0.717) is 35.2 Å². The van der Waals surface area contributed by atoms with Crippen LogP contribution in [0.2, 0.25) is 0 Å². The van der Waals surface area contributed by atoms with Gasteiger partial charge in [-0.3, -0.25) is 14.0 Å². The highest BCUT2D eigenvalue weighted by atomic mass is 32.2. The molecule has 0 aliphatic rings. The molecule has 2 heterocycles. The van der Waals surface area contributed by atoms with Crippen LogP contribution in [0.25, 0.3) is 16.4 Å². The molecule has 0 aliphatic heterocycles. The molecule has 2 aromatic heterocycles. The number of halogens is 1. The second kappa shape index (κ2) is 8.31. The van der Waals surface area contributed by atoms with Crippen molar-refractivity contribution in [2.45, 2.75) is 24.8 Å². The van der Waals surface area contributed by atoms with Gasteiger partial charge in [-0.15, -0.1) is 11.8 Å². The Kier molecular flexibility index (Phi) is 5.59. The van der Waals surface area contributed by atoms with Gasteiger partial charge in [-0.2, -0.15) is 5.10 Å². The lowest BCUT2D eigenvalue weighted by atomic mass is 10.1. The predicted octanol–water partition coefficient (Wildman–Crippen LogP) is 3.18. The lowest BCUT2D eigenvalue weighted by Crippen LogP contribution is -2.35. The summed E-state index contributed by atoms with van der Waals surface area (Å²) in [4.78, 5) is 26.4. The highest BCUT2D eigenvalue weighted by Gasteiger charge is 2.14. The van der Waals surface area contributed by atoms with Crippen molar-refractivity contribution in [1.82, 2.24) is 19.5 Å². The summed E-state index contributed by atoms with van der Waals surface area (Å²) in [5.41, 5.74) is 1.81. The van der Waals surface area contributed by atoms with Crippen LogP contribution in [0.5, 0.6) is 0 Å². The Morgan fingerprint density at radius 1 is 1.13 bits per heavy atom. The van der Waals surface area contributed by atoms with Crippen LogP contribution in [-0.2, 0) is 17.8 Å². The first-order valence-electron chi connectivity index (χ1n) is 9.54. The zero-order valence-corrected chi connectivity index (χ0v) is 17.5. The van der Waals surface area contributed by atoms with Gasteiger partial charge in [-0.1, -0.05) is 12.1 Å². The zero-order valence-electron chi connectivity index (χ0n) is 16.7. The van der Waals surface area contributed by atoms with E-state index in [2.05, 4.69) is 22.5 Å². The minimum absolute atomic E-state index is 0.169. The minimum Gasteiger partial charge on any atom is -0.354 e. The molecule has 8 heteroatoms. The van der Waals surface area contributed by atoms with Crippen molar-refractivity contribution >= 4 is 34.1 Å². The fraction of sp³-hybridized carbons (Fsp3) is 0.227. The summed E-state index contributed by atoms with van der Waals surface area (Å²) < 4.78 is 16.4. The molecule has 0 saturated heterocycles. The first-order valence-corrected chi connectivity index (χ1v) is 10.8. The molecule has 1 amide bonds. The summed E-state index contributed by atoms with van der Waals surface area (Å²) in [6, 6.07) is 14.2. The fourth-order valence-electron chi connectivity index (χ4n) is 3.53. The van der Waals surface area contributed by atoms with Gasteiger partial charge < -0.3 is 5.32 Å². The largest absolute Gasteiger partial charge is 0.354 e. The smallest absolute Gasteiger partial charge is 0.291 e. The molecule has 0 bridgehead atoms. The molecule has 4 rings (SSSR count). The van der Waals surface area contributed by atoms with Gasteiger partial charge in [0.2, 0.25) is 5.91 Å². The molecule has 0 atom stereocenters. The molecular weight excluding hydrogens is 403 g/mol. The maximum Gasteiger partial charge on any atom is 0.291 e. The van der Waals surface area contributed by atoms with E-state index >= 15 is 0 Å². The summed E-state index contributed by atoms with van der Waals surface area (Å²) in [6.45, 7) is 2.06. The maximum atomic E-state index is 13.5. The summed E-state index contributed by atoms with van der Waals surface area (Å²) in [7, 11) is 0. The van der Waals surface area contributed by atoms with Crippen molar-refractivity contribution in [3.63, 3.8) is 0 Å². The normalized spacial score (nSPS) is 11.3. The van der Waals surface area contributed by atoms with Crippen LogP contribution < -0.4 is 10.9 Å². The number of rotatable bonds is 6. The molecule has 154 valence electrons. The Morgan fingerprint density at radius 2 is 1.90 bits per heavy atom. The number of aryl methyl sites for hydroxylation is 1. The molecule has 30 heavy (non-hydrogen) atoms. The molecular formula is C22H21FN4O2S. The van der Waals surface area contributed by atoms with Gasteiger partial charge in [0.1, 0.15) is 23.7 Å². The lowest BCUT2D eigenvalue weighted by molar-refractivity contribution is -0.121. The zero-order chi connectivity index (χ0) is 21.3. The van der Waals surface area contributed by atoms with Crippen LogP contribution in [0, 0.1) is 12.7 Å². The topological polar surface area (TPSA) is 68.4 Å². The Balaban J connectivity index is 1.49. The Morgan fingerprint density at radius 3 is 2.63 bits per heavy atom. The van der Waals surface area contributed by atoms with Gasteiger partial charge in [0.15, 0.2) is 0 Å². The van der Waals surface area contributed by atoms with Crippen molar-refractivity contribution < 1.29 is 9.18 Å². The molecule has 4 aromatic rings. The quantitative estimate of drug-likeness (QED) is 0.483. The fourth-order valence-corrected chi connectivity index (χ4v) is 3.94. The van der Waals surface area contributed by atoms with Gasteiger partial charge in [-0.05, 0) is 61.6 Å². The molecule has 6 nitrogen and oxygen atoms in total. The number of carbonyl (C=O) groups excluding carboxylic acids is 1. The Labute approximate surface area is 176 Å². The number of nitrogens with one attached hydrogen (secondary N) is 1. The first-order chi connectivity index (χ1) is 14.5. The van der Waals surface area contributed by atoms with E-state index in [0.717, 1.165) is 10.2 Å². The van der Waals surface area contributed by atoms with Crippen molar-refractivity contribution in [1.29, 1.82) is 0 Å². The summed E-state index contributed by atoms with van der Waals surface area (Å²) in [5.74, 6) is -0.101. The molecule has 0 radical (unpaired) electrons. The molecule has 0 unspecified atom stereocenters. The third-order valence-corrected chi connectivity index (χ3v) is 5.74. The van der Waals surface area contributed by atoms with E-state index in [9.17, 15) is 14.0 Å². The van der Waals surface area contributed by atoms with Crippen molar-refractivity contribution in [2.75, 3.05) is 12.8 Å². The van der Waals surface area contributed by atoms with Gasteiger partial charge in [0.05, 0.1) is 5.52 Å². The lowest BCUT2D eigenvalue weighted by Gasteiger charge is -2.09. The highest BCUT2D eigenvalue weighted by Crippen LogP contribution is 2.20. The Hall–Kier alpha value is -3.13. The van der Waals surface area contributed by atoms with Crippen molar-refractivity contribution in [2.24, 2.45) is 0 Å². The number of carbonyl (C=O) groups is 1. The average molecular weight is 425 g/mol. The van der Waals surface area contributed by atoms with E-state index < -0.39 is 0 Å². The van der Waals surface area contributed by atoms with E-state index in [-0.39, 0.29) is 23.8 Å². The Bertz CT molecular complexity index is 1290. The number of fused-ring (bicyclic) bond motifs is 3. The molecule has 0 saturated carbocycles. The molecule has 0 spiro atoms. The second-order valence-corrected chi connectivity index (χ2v) is 7.91. The van der Waals surface area contributed by atoms with E-state index in [4.69, 9.17) is 0 Å². The average Bonchev–Trinajstić information content (AvgIpc) is 3.11. The highest BCUT2D eigenvalue weighted by molar-refractivity contribution is 7.98. The molecule has 0 aliphatic carbocycles. The number of hydrogen-bond donors (Lipinski definition) is 1. The van der Waals surface area contributed by atoms with Crippen LogP contribution in [-0.4, -0.2) is 32.9 Å². The monoisotopic (exact) mass is 424 g/mol.